The van der Waals surface area contributed by atoms with E-state index in [0.717, 1.165) is 17.7 Å². The highest BCUT2D eigenvalue weighted by molar-refractivity contribution is 7.99. The Kier molecular flexibility index (Phi) is 4.65. The average molecular weight is 270 g/mol. The van der Waals surface area contributed by atoms with Crippen LogP contribution in [-0.4, -0.2) is 30.7 Å². The Balaban J connectivity index is 1.95. The Bertz CT molecular complexity index is 370. The minimum absolute atomic E-state index is 0.0574. The first-order valence-electron chi connectivity index (χ1n) is 6.25. The predicted molar refractivity (Wildman–Crippen MR) is 72.2 cm³/mol. The van der Waals surface area contributed by atoms with Gasteiger partial charge in [-0.05, 0) is 24.1 Å². The summed E-state index contributed by atoms with van der Waals surface area (Å²) >= 11 is 1.83. The van der Waals surface area contributed by atoms with Crippen molar-refractivity contribution in [3.63, 3.8) is 0 Å². The van der Waals surface area contributed by atoms with Crippen molar-refractivity contribution < 1.29 is 14.2 Å². The topological polar surface area (TPSA) is 29.5 Å². The molecule has 1 aliphatic heterocycles. The molecule has 18 heavy (non-hydrogen) atoms. The van der Waals surface area contributed by atoms with Crippen LogP contribution < -0.4 is 0 Å². The van der Waals surface area contributed by atoms with Crippen molar-refractivity contribution in [1.82, 2.24) is 0 Å². The highest BCUT2D eigenvalue weighted by atomic mass is 32.2. The van der Waals surface area contributed by atoms with E-state index in [9.17, 15) is 9.50 Å². The van der Waals surface area contributed by atoms with Gasteiger partial charge in [-0.15, -0.1) is 0 Å². The van der Waals surface area contributed by atoms with Gasteiger partial charge in [-0.2, -0.15) is 11.8 Å². The summed E-state index contributed by atoms with van der Waals surface area (Å²) in [6.07, 6.45) is 0.999. The minimum atomic E-state index is -0.196. The van der Waals surface area contributed by atoms with Gasteiger partial charge in [-0.1, -0.05) is 19.1 Å². The molecule has 100 valence electrons. The fraction of sp³-hybridized carbons (Fsp3) is 0.571. The number of benzene rings is 1. The smallest absolute Gasteiger partial charge is 0.123 e. The van der Waals surface area contributed by atoms with Crippen LogP contribution in [-0.2, 0) is 4.74 Å². The second-order valence-electron chi connectivity index (χ2n) is 4.91. The molecule has 1 N–H and O–H groups in total. The van der Waals surface area contributed by atoms with Crippen molar-refractivity contribution in [3.05, 3.63) is 35.6 Å². The summed E-state index contributed by atoms with van der Waals surface area (Å²) in [5.74, 6) is 0.692. The van der Waals surface area contributed by atoms with E-state index in [2.05, 4.69) is 6.92 Å². The molecule has 0 aromatic heterocycles. The molecule has 1 aromatic carbocycles. The molecule has 1 aromatic rings. The molecule has 0 saturated carbocycles. The number of aliphatic hydroxyl groups is 1. The molecule has 1 saturated heterocycles. The van der Waals surface area contributed by atoms with Crippen molar-refractivity contribution in [1.29, 1.82) is 0 Å². The van der Waals surface area contributed by atoms with E-state index in [-0.39, 0.29) is 17.8 Å². The highest BCUT2D eigenvalue weighted by Crippen LogP contribution is 2.39. The average Bonchev–Trinajstić information content (AvgIpc) is 2.35. The number of aliphatic hydroxyl groups excluding tert-OH is 1. The van der Waals surface area contributed by atoms with Gasteiger partial charge in [0.15, 0.2) is 0 Å². The third-order valence-electron chi connectivity index (χ3n) is 3.36. The lowest BCUT2D eigenvalue weighted by Gasteiger charge is -2.40. The van der Waals surface area contributed by atoms with Crippen LogP contribution in [0.2, 0.25) is 0 Å². The van der Waals surface area contributed by atoms with E-state index in [1.807, 2.05) is 23.9 Å². The summed E-state index contributed by atoms with van der Waals surface area (Å²) in [4.78, 5) is 0. The standard InChI is InChI=1S/C14H19FO2S/c1-2-13(11-3-5-12(15)6-4-11)18-10-14(7-16)8-17-9-14/h3-6,13,16H,2,7-10H2,1H3. The summed E-state index contributed by atoms with van der Waals surface area (Å²) in [7, 11) is 0. The van der Waals surface area contributed by atoms with Crippen LogP contribution >= 0.6 is 11.8 Å². The molecule has 1 atom stereocenters. The van der Waals surface area contributed by atoms with Crippen LogP contribution in [0.15, 0.2) is 24.3 Å². The molecule has 0 spiro atoms. The van der Waals surface area contributed by atoms with Crippen LogP contribution in [0.3, 0.4) is 0 Å². The monoisotopic (exact) mass is 270 g/mol. The number of hydrogen-bond donors (Lipinski definition) is 1. The maximum atomic E-state index is 12.9. The lowest BCUT2D eigenvalue weighted by atomic mass is 9.90. The van der Waals surface area contributed by atoms with Crippen LogP contribution in [0.5, 0.6) is 0 Å². The Morgan fingerprint density at radius 1 is 1.39 bits per heavy atom. The molecule has 1 unspecified atom stereocenters. The van der Waals surface area contributed by atoms with E-state index in [1.165, 1.54) is 12.1 Å². The molecule has 2 rings (SSSR count). The van der Waals surface area contributed by atoms with Gasteiger partial charge in [0.2, 0.25) is 0 Å². The molecular formula is C14H19FO2S. The van der Waals surface area contributed by atoms with Crippen molar-refractivity contribution >= 4 is 11.8 Å². The molecule has 0 radical (unpaired) electrons. The van der Waals surface area contributed by atoms with E-state index in [1.54, 1.807) is 0 Å². The van der Waals surface area contributed by atoms with Crippen LogP contribution in [0.25, 0.3) is 0 Å². The van der Waals surface area contributed by atoms with Crippen molar-refractivity contribution in [3.8, 4) is 0 Å². The van der Waals surface area contributed by atoms with Crippen molar-refractivity contribution in [2.75, 3.05) is 25.6 Å². The second-order valence-corrected chi connectivity index (χ2v) is 6.10. The Morgan fingerprint density at radius 3 is 2.50 bits per heavy atom. The molecular weight excluding hydrogens is 251 g/mol. The summed E-state index contributed by atoms with van der Waals surface area (Å²) in [5.41, 5.74) is 1.09. The fourth-order valence-corrected chi connectivity index (χ4v) is 3.41. The molecule has 0 bridgehead atoms. The zero-order valence-electron chi connectivity index (χ0n) is 10.6. The van der Waals surface area contributed by atoms with Gasteiger partial charge in [-0.3, -0.25) is 0 Å². The molecule has 2 nitrogen and oxygen atoms in total. The van der Waals surface area contributed by atoms with Gasteiger partial charge >= 0.3 is 0 Å². The summed E-state index contributed by atoms with van der Waals surface area (Å²) in [6.45, 7) is 3.61. The first kappa shape index (κ1) is 13.8. The zero-order valence-corrected chi connectivity index (χ0v) is 11.4. The van der Waals surface area contributed by atoms with Crippen LogP contribution in [0.1, 0.15) is 24.2 Å². The number of hydrogen-bond acceptors (Lipinski definition) is 3. The van der Waals surface area contributed by atoms with E-state index in [4.69, 9.17) is 4.74 Å². The molecule has 0 aliphatic carbocycles. The summed E-state index contributed by atoms with van der Waals surface area (Å²) < 4.78 is 18.1. The van der Waals surface area contributed by atoms with Gasteiger partial charge in [-0.25, -0.2) is 4.39 Å². The second kappa shape index (κ2) is 6.04. The molecule has 0 amide bonds. The number of halogens is 1. The van der Waals surface area contributed by atoms with Crippen LogP contribution in [0, 0.1) is 11.2 Å². The van der Waals surface area contributed by atoms with E-state index >= 15 is 0 Å². The highest BCUT2D eigenvalue weighted by Gasteiger charge is 2.38. The Morgan fingerprint density at radius 2 is 2.06 bits per heavy atom. The predicted octanol–water partition coefficient (Wildman–Crippen LogP) is 3.02. The SMILES string of the molecule is CCC(SCC1(CO)COC1)c1ccc(F)cc1. The molecule has 4 heteroatoms. The number of thioether (sulfide) groups is 1. The lowest BCUT2D eigenvalue weighted by Crippen LogP contribution is -2.47. The van der Waals surface area contributed by atoms with Gasteiger partial charge in [0, 0.05) is 16.4 Å². The summed E-state index contributed by atoms with van der Waals surface area (Å²) in [6, 6.07) is 6.71. The normalized spacial score (nSPS) is 19.3. The number of ether oxygens (including phenoxy) is 1. The number of rotatable bonds is 6. The molecule has 1 fully saturated rings. The van der Waals surface area contributed by atoms with E-state index < -0.39 is 0 Å². The van der Waals surface area contributed by atoms with Crippen molar-refractivity contribution in [2.45, 2.75) is 18.6 Å². The van der Waals surface area contributed by atoms with Gasteiger partial charge in [0.05, 0.1) is 19.8 Å². The first-order valence-corrected chi connectivity index (χ1v) is 7.30. The van der Waals surface area contributed by atoms with E-state index in [0.29, 0.717) is 18.5 Å². The third-order valence-corrected chi connectivity index (χ3v) is 5.14. The van der Waals surface area contributed by atoms with Crippen molar-refractivity contribution in [2.24, 2.45) is 5.41 Å². The fourth-order valence-electron chi connectivity index (χ4n) is 2.02. The van der Waals surface area contributed by atoms with Gasteiger partial charge in [0.25, 0.3) is 0 Å². The molecule has 1 heterocycles. The first-order chi connectivity index (χ1) is 8.69. The Hall–Kier alpha value is -0.580. The maximum Gasteiger partial charge on any atom is 0.123 e. The maximum absolute atomic E-state index is 12.9. The zero-order chi connectivity index (χ0) is 13.0. The van der Waals surface area contributed by atoms with Gasteiger partial charge in [0.1, 0.15) is 5.82 Å². The Labute approximate surface area is 112 Å². The van der Waals surface area contributed by atoms with Crippen LogP contribution in [0.4, 0.5) is 4.39 Å². The largest absolute Gasteiger partial charge is 0.396 e. The third kappa shape index (κ3) is 3.05. The summed E-state index contributed by atoms with van der Waals surface area (Å²) in [5, 5.41) is 9.74. The van der Waals surface area contributed by atoms with Gasteiger partial charge < -0.3 is 9.84 Å². The molecule has 1 aliphatic rings. The quantitative estimate of drug-likeness (QED) is 0.861. The minimum Gasteiger partial charge on any atom is -0.396 e. The lowest BCUT2D eigenvalue weighted by molar-refractivity contribution is -0.121.